The highest BCUT2D eigenvalue weighted by molar-refractivity contribution is 6.40. The number of amides is 2. The minimum Gasteiger partial charge on any atom is -0.395 e. The summed E-state index contributed by atoms with van der Waals surface area (Å²) in [4.78, 5) is 26.3. The Hall–Kier alpha value is -1.92. The number of aliphatic hydroxyl groups is 2. The van der Waals surface area contributed by atoms with Crippen molar-refractivity contribution in [3.63, 3.8) is 0 Å². The molecule has 0 bridgehead atoms. The van der Waals surface area contributed by atoms with Crippen molar-refractivity contribution in [3.8, 4) is 0 Å². The maximum Gasteiger partial charge on any atom is 0.316 e. The van der Waals surface area contributed by atoms with Crippen LogP contribution in [0.15, 0.2) is 30.3 Å². The van der Waals surface area contributed by atoms with E-state index in [4.69, 9.17) is 10.2 Å². The predicted octanol–water partition coefficient (Wildman–Crippen LogP) is -0.537. The minimum absolute atomic E-state index is 0.0216. The summed E-state index contributed by atoms with van der Waals surface area (Å²) in [5.41, 5.74) is 0.605. The molecule has 6 nitrogen and oxygen atoms in total. The number of nitrogens with zero attached hydrogens (tertiary/aromatic N) is 2. The molecule has 0 unspecified atom stereocenters. The summed E-state index contributed by atoms with van der Waals surface area (Å²) in [6.45, 7) is -0.469. The lowest BCUT2D eigenvalue weighted by Crippen LogP contribution is -2.46. The van der Waals surface area contributed by atoms with E-state index in [1.54, 1.807) is 24.3 Å². The Bertz CT molecular complexity index is 416. The van der Waals surface area contributed by atoms with Crippen molar-refractivity contribution in [2.24, 2.45) is 0 Å². The van der Waals surface area contributed by atoms with Crippen molar-refractivity contribution >= 4 is 17.5 Å². The lowest BCUT2D eigenvalue weighted by atomic mass is 10.3. The molecule has 0 aliphatic heterocycles. The van der Waals surface area contributed by atoms with Crippen molar-refractivity contribution in [1.29, 1.82) is 0 Å². The van der Waals surface area contributed by atoms with Gasteiger partial charge in [0.25, 0.3) is 0 Å². The van der Waals surface area contributed by atoms with Gasteiger partial charge < -0.3 is 20.0 Å². The topological polar surface area (TPSA) is 81.1 Å². The average Bonchev–Trinajstić information content (AvgIpc) is 2.45. The summed E-state index contributed by atoms with van der Waals surface area (Å²) in [5, 5.41) is 17.7. The molecule has 0 heterocycles. The first-order valence-electron chi connectivity index (χ1n) is 5.95. The molecule has 1 aromatic carbocycles. The third kappa shape index (κ3) is 4.04. The highest BCUT2D eigenvalue weighted by atomic mass is 16.3. The first-order chi connectivity index (χ1) is 9.11. The Kier molecular flexibility index (Phi) is 5.98. The van der Waals surface area contributed by atoms with Gasteiger partial charge in [0.15, 0.2) is 0 Å². The number of carbonyl (C=O) groups is 2. The molecule has 104 valence electrons. The normalized spacial score (nSPS) is 10.1. The fourth-order valence-corrected chi connectivity index (χ4v) is 1.60. The fourth-order valence-electron chi connectivity index (χ4n) is 1.60. The van der Waals surface area contributed by atoms with E-state index >= 15 is 0 Å². The highest BCUT2D eigenvalue weighted by Gasteiger charge is 2.25. The van der Waals surface area contributed by atoms with Crippen LogP contribution in [0, 0.1) is 0 Å². The number of para-hydroxylation sites is 1. The zero-order valence-electron chi connectivity index (χ0n) is 10.8. The standard InChI is InChI=1S/C13H18N2O4/c1-14(11-5-3-2-4-6-11)12(18)13(19)15(7-9-16)8-10-17/h2-6,16-17H,7-10H2,1H3. The van der Waals surface area contributed by atoms with E-state index < -0.39 is 11.8 Å². The van der Waals surface area contributed by atoms with Gasteiger partial charge in [0.05, 0.1) is 13.2 Å². The second-order valence-corrected chi connectivity index (χ2v) is 3.94. The van der Waals surface area contributed by atoms with E-state index in [2.05, 4.69) is 0 Å². The van der Waals surface area contributed by atoms with Crippen molar-refractivity contribution in [1.82, 2.24) is 4.90 Å². The lowest BCUT2D eigenvalue weighted by Gasteiger charge is -2.23. The highest BCUT2D eigenvalue weighted by Crippen LogP contribution is 2.11. The molecule has 0 radical (unpaired) electrons. The largest absolute Gasteiger partial charge is 0.395 e. The van der Waals surface area contributed by atoms with Crippen LogP contribution >= 0.6 is 0 Å². The number of hydrogen-bond acceptors (Lipinski definition) is 4. The summed E-state index contributed by atoms with van der Waals surface area (Å²) in [5.74, 6) is -1.44. The molecule has 2 amide bonds. The van der Waals surface area contributed by atoms with Crippen LogP contribution in [0.4, 0.5) is 5.69 Å². The third-order valence-corrected chi connectivity index (χ3v) is 2.66. The van der Waals surface area contributed by atoms with Crippen LogP contribution in [0.3, 0.4) is 0 Å². The molecule has 0 saturated heterocycles. The molecule has 0 spiro atoms. The molecule has 19 heavy (non-hydrogen) atoms. The van der Waals surface area contributed by atoms with E-state index in [1.165, 1.54) is 11.9 Å². The molecule has 2 N–H and O–H groups in total. The zero-order valence-corrected chi connectivity index (χ0v) is 10.8. The Balaban J connectivity index is 2.77. The maximum absolute atomic E-state index is 12.0. The zero-order chi connectivity index (χ0) is 14.3. The van der Waals surface area contributed by atoms with Gasteiger partial charge >= 0.3 is 11.8 Å². The Morgan fingerprint density at radius 1 is 1.00 bits per heavy atom. The number of benzene rings is 1. The van der Waals surface area contributed by atoms with Crippen molar-refractivity contribution in [2.75, 3.05) is 38.3 Å². The van der Waals surface area contributed by atoms with E-state index in [1.807, 2.05) is 6.07 Å². The maximum atomic E-state index is 12.0. The van der Waals surface area contributed by atoms with Gasteiger partial charge in [0, 0.05) is 25.8 Å². The molecule has 0 saturated carbocycles. The van der Waals surface area contributed by atoms with Gasteiger partial charge in [-0.15, -0.1) is 0 Å². The smallest absolute Gasteiger partial charge is 0.316 e. The van der Waals surface area contributed by atoms with Crippen LogP contribution < -0.4 is 4.90 Å². The van der Waals surface area contributed by atoms with Crippen LogP contribution in [0.1, 0.15) is 0 Å². The van der Waals surface area contributed by atoms with E-state index in [0.29, 0.717) is 5.69 Å². The number of likely N-dealkylation sites (N-methyl/N-ethyl adjacent to an activating group) is 1. The van der Waals surface area contributed by atoms with E-state index in [9.17, 15) is 9.59 Å². The van der Waals surface area contributed by atoms with Gasteiger partial charge in [-0.1, -0.05) is 18.2 Å². The van der Waals surface area contributed by atoms with Crippen LogP contribution in [0.25, 0.3) is 0 Å². The molecule has 0 atom stereocenters. The SMILES string of the molecule is CN(C(=O)C(=O)N(CCO)CCO)c1ccccc1. The van der Waals surface area contributed by atoms with Gasteiger partial charge in [-0.3, -0.25) is 9.59 Å². The lowest BCUT2D eigenvalue weighted by molar-refractivity contribution is -0.144. The van der Waals surface area contributed by atoms with E-state index in [0.717, 1.165) is 4.90 Å². The Morgan fingerprint density at radius 3 is 2.00 bits per heavy atom. The molecule has 1 rings (SSSR count). The van der Waals surface area contributed by atoms with Crippen molar-refractivity contribution in [3.05, 3.63) is 30.3 Å². The second kappa shape index (κ2) is 7.50. The van der Waals surface area contributed by atoms with Crippen LogP contribution in [-0.2, 0) is 9.59 Å². The van der Waals surface area contributed by atoms with Gasteiger partial charge in [0.2, 0.25) is 0 Å². The third-order valence-electron chi connectivity index (χ3n) is 2.66. The van der Waals surface area contributed by atoms with Crippen molar-refractivity contribution < 1.29 is 19.8 Å². The number of carbonyl (C=O) groups excluding carboxylic acids is 2. The molecule has 0 aliphatic rings. The Morgan fingerprint density at radius 2 is 1.53 bits per heavy atom. The number of rotatable bonds is 5. The van der Waals surface area contributed by atoms with Crippen LogP contribution in [-0.4, -0.2) is 60.3 Å². The van der Waals surface area contributed by atoms with Crippen LogP contribution in [0.2, 0.25) is 0 Å². The molecular formula is C13H18N2O4. The number of anilines is 1. The summed E-state index contributed by atoms with van der Waals surface area (Å²) in [7, 11) is 1.51. The first-order valence-corrected chi connectivity index (χ1v) is 5.95. The Labute approximate surface area is 111 Å². The predicted molar refractivity (Wildman–Crippen MR) is 70.6 cm³/mol. The summed E-state index contributed by atoms with van der Waals surface area (Å²) >= 11 is 0. The monoisotopic (exact) mass is 266 g/mol. The minimum atomic E-state index is -0.741. The quantitative estimate of drug-likeness (QED) is 0.702. The summed E-state index contributed by atoms with van der Waals surface area (Å²) < 4.78 is 0. The van der Waals surface area contributed by atoms with Crippen molar-refractivity contribution in [2.45, 2.75) is 0 Å². The van der Waals surface area contributed by atoms with Crippen LogP contribution in [0.5, 0.6) is 0 Å². The summed E-state index contributed by atoms with van der Waals surface area (Å²) in [6, 6.07) is 8.78. The molecule has 0 fully saturated rings. The molecule has 6 heteroatoms. The number of aliphatic hydroxyl groups excluding tert-OH is 2. The molecule has 1 aromatic rings. The van der Waals surface area contributed by atoms with Gasteiger partial charge in [0.1, 0.15) is 0 Å². The molecule has 0 aromatic heterocycles. The summed E-state index contributed by atoms with van der Waals surface area (Å²) in [6.07, 6.45) is 0. The van der Waals surface area contributed by atoms with Gasteiger partial charge in [-0.25, -0.2) is 0 Å². The molecular weight excluding hydrogens is 248 g/mol. The molecule has 0 aliphatic carbocycles. The number of hydrogen-bond donors (Lipinski definition) is 2. The van der Waals surface area contributed by atoms with Gasteiger partial charge in [-0.2, -0.15) is 0 Å². The van der Waals surface area contributed by atoms with E-state index in [-0.39, 0.29) is 26.3 Å². The average molecular weight is 266 g/mol. The second-order valence-electron chi connectivity index (χ2n) is 3.94. The first kappa shape index (κ1) is 15.1. The fraction of sp³-hybridized carbons (Fsp3) is 0.385. The van der Waals surface area contributed by atoms with Gasteiger partial charge in [-0.05, 0) is 12.1 Å².